The first-order chi connectivity index (χ1) is 12.2. The molecule has 1 aromatic carbocycles. The van der Waals surface area contributed by atoms with Crippen LogP contribution in [0.5, 0.6) is 0 Å². The number of benzene rings is 1. The molecule has 2 aromatic heterocycles. The number of imidazole rings is 1. The minimum absolute atomic E-state index is 0.000541. The number of anilines is 1. The fourth-order valence-corrected chi connectivity index (χ4v) is 3.37. The third-order valence-electron chi connectivity index (χ3n) is 4.47. The smallest absolute Gasteiger partial charge is 0.259 e. The van der Waals surface area contributed by atoms with Gasteiger partial charge in [0.05, 0.1) is 28.3 Å². The minimum atomic E-state index is -2.79. The van der Waals surface area contributed by atoms with Gasteiger partial charge in [-0.2, -0.15) is 0 Å². The van der Waals surface area contributed by atoms with Crippen LogP contribution in [0.15, 0.2) is 18.3 Å². The van der Waals surface area contributed by atoms with Gasteiger partial charge in [-0.25, -0.2) is 28.1 Å². The van der Waals surface area contributed by atoms with Gasteiger partial charge in [-0.05, 0) is 26.0 Å². The third kappa shape index (κ3) is 2.59. The van der Waals surface area contributed by atoms with E-state index >= 15 is 0 Å². The number of hydrogen-bond donors (Lipinski definition) is 1. The van der Waals surface area contributed by atoms with E-state index in [2.05, 4.69) is 15.0 Å². The van der Waals surface area contributed by atoms with Gasteiger partial charge in [0.2, 0.25) is 5.95 Å². The first-order valence-electron chi connectivity index (χ1n) is 8.06. The van der Waals surface area contributed by atoms with Crippen molar-refractivity contribution in [2.24, 2.45) is 0 Å². The van der Waals surface area contributed by atoms with Crippen molar-refractivity contribution in [2.75, 3.05) is 5.73 Å². The summed E-state index contributed by atoms with van der Waals surface area (Å²) in [5.41, 5.74) is 6.72. The summed E-state index contributed by atoms with van der Waals surface area (Å²) in [5.74, 6) is -4.21. The lowest BCUT2D eigenvalue weighted by molar-refractivity contribution is 0.110. The van der Waals surface area contributed by atoms with Gasteiger partial charge in [-0.15, -0.1) is 0 Å². The van der Waals surface area contributed by atoms with Gasteiger partial charge < -0.3 is 10.3 Å². The molecule has 136 valence electrons. The topological polar surface area (TPSA) is 69.6 Å². The Bertz CT molecular complexity index is 1030. The van der Waals surface area contributed by atoms with E-state index in [-0.39, 0.29) is 40.5 Å². The fraction of sp³-hybridized carbons (Fsp3) is 0.353. The average Bonchev–Trinajstić information content (AvgIpc) is 3.02. The highest BCUT2D eigenvalue weighted by Gasteiger charge is 2.60. The number of hydrogen-bond acceptors (Lipinski definition) is 4. The number of aromatic nitrogens is 4. The van der Waals surface area contributed by atoms with Crippen molar-refractivity contribution in [1.29, 1.82) is 0 Å². The highest BCUT2D eigenvalue weighted by molar-refractivity contribution is 6.33. The van der Waals surface area contributed by atoms with Crippen molar-refractivity contribution in [3.8, 4) is 11.3 Å². The maximum Gasteiger partial charge on any atom is 0.259 e. The first-order valence-corrected chi connectivity index (χ1v) is 8.44. The van der Waals surface area contributed by atoms with Crippen LogP contribution in [0.25, 0.3) is 22.3 Å². The van der Waals surface area contributed by atoms with E-state index in [1.54, 1.807) is 10.6 Å². The number of alkyl halides is 2. The van der Waals surface area contributed by atoms with Gasteiger partial charge in [0.15, 0.2) is 5.82 Å². The zero-order valence-electron chi connectivity index (χ0n) is 14.0. The number of nitrogens with two attached hydrogens (primary N) is 1. The Hall–Kier alpha value is -2.35. The van der Waals surface area contributed by atoms with Crippen LogP contribution in [0.2, 0.25) is 5.02 Å². The summed E-state index contributed by atoms with van der Waals surface area (Å²) in [6, 6.07) is 2.69. The second-order valence-electron chi connectivity index (χ2n) is 6.70. The average molecular weight is 382 g/mol. The molecular weight excluding hydrogens is 367 g/mol. The molecule has 1 saturated carbocycles. The quantitative estimate of drug-likeness (QED) is 0.721. The van der Waals surface area contributed by atoms with Crippen molar-refractivity contribution >= 4 is 28.6 Å². The van der Waals surface area contributed by atoms with Crippen LogP contribution in [0.4, 0.5) is 19.1 Å². The number of nitrogens with zero attached hydrogens (tertiary/aromatic N) is 4. The normalized spacial score (nSPS) is 18.7. The Morgan fingerprint density at radius 1 is 1.31 bits per heavy atom. The Labute approximate surface area is 152 Å². The molecule has 3 aromatic rings. The molecule has 1 aliphatic rings. The lowest BCUT2D eigenvalue weighted by atomic mass is 10.1. The molecular formula is C17H15ClF3N5. The molecule has 2 N–H and O–H groups in total. The molecule has 5 nitrogen and oxygen atoms in total. The van der Waals surface area contributed by atoms with Gasteiger partial charge in [-0.3, -0.25) is 0 Å². The van der Waals surface area contributed by atoms with Crippen molar-refractivity contribution in [1.82, 2.24) is 19.5 Å². The Morgan fingerprint density at radius 3 is 2.62 bits per heavy atom. The molecule has 0 aliphatic heterocycles. The Morgan fingerprint density at radius 2 is 2.00 bits per heavy atom. The van der Waals surface area contributed by atoms with Crippen molar-refractivity contribution in [3.05, 3.63) is 35.0 Å². The molecule has 1 fully saturated rings. The highest BCUT2D eigenvalue weighted by Crippen LogP contribution is 2.56. The van der Waals surface area contributed by atoms with Crippen LogP contribution >= 0.6 is 11.6 Å². The monoisotopic (exact) mass is 381 g/mol. The maximum atomic E-state index is 14.7. The molecule has 0 radical (unpaired) electrons. The summed E-state index contributed by atoms with van der Waals surface area (Å²) in [6.07, 6.45) is 1.06. The van der Waals surface area contributed by atoms with E-state index in [0.29, 0.717) is 11.1 Å². The van der Waals surface area contributed by atoms with Gasteiger partial charge in [-0.1, -0.05) is 11.6 Å². The highest BCUT2D eigenvalue weighted by atomic mass is 35.5. The summed E-state index contributed by atoms with van der Waals surface area (Å²) in [4.78, 5) is 12.0. The molecule has 0 bridgehead atoms. The van der Waals surface area contributed by atoms with Crippen molar-refractivity contribution in [2.45, 2.75) is 38.2 Å². The number of fused-ring (bicyclic) bond motifs is 1. The third-order valence-corrected chi connectivity index (χ3v) is 4.74. The van der Waals surface area contributed by atoms with E-state index in [4.69, 9.17) is 17.3 Å². The largest absolute Gasteiger partial charge is 0.368 e. The summed E-state index contributed by atoms with van der Waals surface area (Å²) in [7, 11) is 0. The van der Waals surface area contributed by atoms with Crippen LogP contribution in [-0.4, -0.2) is 25.4 Å². The molecule has 4 rings (SSSR count). The van der Waals surface area contributed by atoms with Gasteiger partial charge in [0, 0.05) is 18.0 Å². The van der Waals surface area contributed by atoms with E-state index < -0.39 is 17.7 Å². The zero-order chi connectivity index (χ0) is 18.8. The minimum Gasteiger partial charge on any atom is -0.368 e. The maximum absolute atomic E-state index is 14.7. The predicted octanol–water partition coefficient (Wildman–Crippen LogP) is 4.57. The zero-order valence-corrected chi connectivity index (χ0v) is 14.7. The van der Waals surface area contributed by atoms with Gasteiger partial charge in [0.1, 0.15) is 11.3 Å². The molecule has 1 atom stereocenters. The summed E-state index contributed by atoms with van der Waals surface area (Å²) in [6.45, 7) is 3.68. The SMILES string of the molecule is CC(C)n1c([C@H]2CC2(F)F)nc2c(F)cc(-c3nc(N)ncc3Cl)cc21. The summed E-state index contributed by atoms with van der Waals surface area (Å²) in [5, 5.41) is 0.211. The van der Waals surface area contributed by atoms with Gasteiger partial charge in [0.25, 0.3) is 5.92 Å². The fourth-order valence-electron chi connectivity index (χ4n) is 3.17. The molecule has 0 spiro atoms. The van der Waals surface area contributed by atoms with E-state index in [0.717, 1.165) is 0 Å². The van der Waals surface area contributed by atoms with Crippen LogP contribution in [0.1, 0.15) is 38.1 Å². The Balaban J connectivity index is 1.97. The lowest BCUT2D eigenvalue weighted by Gasteiger charge is -2.13. The van der Waals surface area contributed by atoms with Crippen LogP contribution in [0, 0.1) is 5.82 Å². The molecule has 2 heterocycles. The lowest BCUT2D eigenvalue weighted by Crippen LogP contribution is -2.08. The van der Waals surface area contributed by atoms with Crippen molar-refractivity contribution < 1.29 is 13.2 Å². The van der Waals surface area contributed by atoms with Gasteiger partial charge >= 0.3 is 0 Å². The number of nitrogen functional groups attached to an aromatic ring is 1. The second-order valence-corrected chi connectivity index (χ2v) is 7.11. The second kappa shape index (κ2) is 5.57. The van der Waals surface area contributed by atoms with E-state index in [9.17, 15) is 13.2 Å². The molecule has 0 saturated heterocycles. The van der Waals surface area contributed by atoms with Crippen LogP contribution in [-0.2, 0) is 0 Å². The number of rotatable bonds is 3. The van der Waals surface area contributed by atoms with Crippen LogP contribution < -0.4 is 5.73 Å². The molecule has 9 heteroatoms. The summed E-state index contributed by atoms with van der Waals surface area (Å²) >= 11 is 6.12. The Kier molecular flexibility index (Phi) is 3.66. The molecule has 0 unspecified atom stereocenters. The summed E-state index contributed by atoms with van der Waals surface area (Å²) < 4.78 is 43.6. The van der Waals surface area contributed by atoms with Crippen molar-refractivity contribution in [3.63, 3.8) is 0 Å². The molecule has 26 heavy (non-hydrogen) atoms. The predicted molar refractivity (Wildman–Crippen MR) is 92.8 cm³/mol. The van der Waals surface area contributed by atoms with E-state index in [1.165, 1.54) is 12.3 Å². The van der Waals surface area contributed by atoms with Crippen LogP contribution in [0.3, 0.4) is 0 Å². The number of halogens is 4. The first kappa shape index (κ1) is 17.1. The molecule has 1 aliphatic carbocycles. The van der Waals surface area contributed by atoms with E-state index in [1.807, 2.05) is 13.8 Å². The standard InChI is InChI=1S/C17H15ClF3N5/c1-7(2)26-12-4-8(13-10(18)6-23-16(22)25-13)3-11(19)14(12)24-15(26)9-5-17(9,20)21/h3-4,6-7,9H,5H2,1-2H3,(H2,22,23,25)/t9-/m1/s1. The molecule has 0 amide bonds.